The number of hydrogen-bond acceptors (Lipinski definition) is 4. The number of ether oxygens (including phenoxy) is 1. The highest BCUT2D eigenvalue weighted by Crippen LogP contribution is 2.20. The summed E-state index contributed by atoms with van der Waals surface area (Å²) in [6.45, 7) is 4.87. The molecule has 0 spiro atoms. The van der Waals surface area contributed by atoms with Gasteiger partial charge in [-0.15, -0.1) is 0 Å². The lowest BCUT2D eigenvalue weighted by Gasteiger charge is -2.37. The molecule has 1 heterocycles. The minimum absolute atomic E-state index is 0.0833. The van der Waals surface area contributed by atoms with Crippen molar-refractivity contribution in [2.24, 2.45) is 5.73 Å². The Kier molecular flexibility index (Phi) is 5.13. The third-order valence-corrected chi connectivity index (χ3v) is 3.62. The molecule has 0 radical (unpaired) electrons. The zero-order valence-electron chi connectivity index (χ0n) is 11.4. The molecule has 4 nitrogen and oxygen atoms in total. The van der Waals surface area contributed by atoms with Crippen molar-refractivity contribution < 1.29 is 9.13 Å². The number of nitrogens with zero attached hydrogens (tertiary/aromatic N) is 2. The van der Waals surface area contributed by atoms with Crippen LogP contribution in [0.1, 0.15) is 0 Å². The van der Waals surface area contributed by atoms with Crippen LogP contribution in [0.25, 0.3) is 0 Å². The van der Waals surface area contributed by atoms with E-state index in [0.29, 0.717) is 12.2 Å². The second-order valence-electron chi connectivity index (χ2n) is 4.83. The van der Waals surface area contributed by atoms with Crippen LogP contribution >= 0.6 is 0 Å². The lowest BCUT2D eigenvalue weighted by Crippen LogP contribution is -2.50. The summed E-state index contributed by atoms with van der Waals surface area (Å²) in [5.41, 5.74) is 6.33. The summed E-state index contributed by atoms with van der Waals surface area (Å²) in [4.78, 5) is 4.41. The van der Waals surface area contributed by atoms with E-state index in [1.54, 1.807) is 13.2 Å². The number of hydrogen-bond donors (Lipinski definition) is 1. The lowest BCUT2D eigenvalue weighted by molar-refractivity contribution is 0.0679. The SMILES string of the molecule is COC(CN)CN1CCN(c2ccccc2F)CC1. The fourth-order valence-electron chi connectivity index (χ4n) is 2.41. The van der Waals surface area contributed by atoms with Crippen LogP contribution in [-0.2, 0) is 4.74 Å². The maximum Gasteiger partial charge on any atom is 0.146 e. The highest BCUT2D eigenvalue weighted by molar-refractivity contribution is 5.47. The molecule has 1 fully saturated rings. The van der Waals surface area contributed by atoms with Crippen LogP contribution in [0.5, 0.6) is 0 Å². The van der Waals surface area contributed by atoms with Crippen molar-refractivity contribution >= 4 is 5.69 Å². The summed E-state index contributed by atoms with van der Waals surface area (Å²) >= 11 is 0. The minimum atomic E-state index is -0.146. The van der Waals surface area contributed by atoms with Crippen molar-refractivity contribution in [2.75, 3.05) is 51.3 Å². The molecular weight excluding hydrogens is 245 g/mol. The van der Waals surface area contributed by atoms with E-state index in [-0.39, 0.29) is 11.9 Å². The molecule has 0 bridgehead atoms. The number of nitrogens with two attached hydrogens (primary N) is 1. The van der Waals surface area contributed by atoms with Crippen LogP contribution in [0.3, 0.4) is 0 Å². The van der Waals surface area contributed by atoms with Gasteiger partial charge in [0.25, 0.3) is 0 Å². The van der Waals surface area contributed by atoms with Gasteiger partial charge < -0.3 is 15.4 Å². The number of halogens is 1. The van der Waals surface area contributed by atoms with Crippen LogP contribution in [0.4, 0.5) is 10.1 Å². The van der Waals surface area contributed by atoms with E-state index in [4.69, 9.17) is 10.5 Å². The van der Waals surface area contributed by atoms with Gasteiger partial charge in [0.05, 0.1) is 11.8 Å². The Balaban J connectivity index is 1.87. The van der Waals surface area contributed by atoms with Gasteiger partial charge >= 0.3 is 0 Å². The average Bonchev–Trinajstić information content (AvgIpc) is 2.46. The summed E-state index contributed by atoms with van der Waals surface area (Å²) < 4.78 is 19.0. The molecule has 0 aliphatic carbocycles. The van der Waals surface area contributed by atoms with Crippen molar-refractivity contribution in [3.8, 4) is 0 Å². The van der Waals surface area contributed by atoms with Gasteiger partial charge in [-0.25, -0.2) is 4.39 Å². The maximum absolute atomic E-state index is 13.7. The summed E-state index contributed by atoms with van der Waals surface area (Å²) in [6, 6.07) is 6.94. The van der Waals surface area contributed by atoms with E-state index in [2.05, 4.69) is 9.80 Å². The zero-order valence-corrected chi connectivity index (χ0v) is 11.4. The predicted molar refractivity (Wildman–Crippen MR) is 74.9 cm³/mol. The fraction of sp³-hybridized carbons (Fsp3) is 0.571. The number of para-hydroxylation sites is 1. The molecule has 0 aromatic heterocycles. The standard InChI is InChI=1S/C14H22FN3O/c1-19-12(10-16)11-17-6-8-18(9-7-17)14-5-3-2-4-13(14)15/h2-5,12H,6-11,16H2,1H3. The normalized spacial score (nSPS) is 18.6. The Hall–Kier alpha value is -1.17. The minimum Gasteiger partial charge on any atom is -0.379 e. The van der Waals surface area contributed by atoms with Crippen molar-refractivity contribution in [3.63, 3.8) is 0 Å². The smallest absolute Gasteiger partial charge is 0.146 e. The Morgan fingerprint density at radius 3 is 2.53 bits per heavy atom. The molecule has 1 aliphatic rings. The largest absolute Gasteiger partial charge is 0.379 e. The van der Waals surface area contributed by atoms with Gasteiger partial charge in [0.2, 0.25) is 0 Å². The fourth-order valence-corrected chi connectivity index (χ4v) is 2.41. The van der Waals surface area contributed by atoms with Crippen molar-refractivity contribution in [1.82, 2.24) is 4.90 Å². The van der Waals surface area contributed by atoms with Gasteiger partial charge in [0.15, 0.2) is 0 Å². The van der Waals surface area contributed by atoms with E-state index in [0.717, 1.165) is 32.7 Å². The molecule has 0 amide bonds. The summed E-state index contributed by atoms with van der Waals surface area (Å²) in [5.74, 6) is -0.146. The van der Waals surface area contributed by atoms with Gasteiger partial charge in [-0.1, -0.05) is 12.1 Å². The number of rotatable bonds is 5. The molecule has 19 heavy (non-hydrogen) atoms. The Morgan fingerprint density at radius 1 is 1.26 bits per heavy atom. The number of methoxy groups -OCH3 is 1. The summed E-state index contributed by atoms with van der Waals surface area (Å²) in [6.07, 6.45) is 0.0833. The van der Waals surface area contributed by atoms with Crippen molar-refractivity contribution in [2.45, 2.75) is 6.10 Å². The van der Waals surface area contributed by atoms with E-state index < -0.39 is 0 Å². The number of anilines is 1. The third-order valence-electron chi connectivity index (χ3n) is 3.62. The van der Waals surface area contributed by atoms with Gasteiger partial charge in [0, 0.05) is 46.4 Å². The second-order valence-corrected chi connectivity index (χ2v) is 4.83. The van der Waals surface area contributed by atoms with Crippen LogP contribution < -0.4 is 10.6 Å². The molecule has 2 rings (SSSR count). The molecular formula is C14H22FN3O. The van der Waals surface area contributed by atoms with Gasteiger partial charge in [-0.05, 0) is 12.1 Å². The van der Waals surface area contributed by atoms with Crippen molar-refractivity contribution in [1.29, 1.82) is 0 Å². The van der Waals surface area contributed by atoms with E-state index >= 15 is 0 Å². The van der Waals surface area contributed by atoms with Gasteiger partial charge in [-0.3, -0.25) is 4.90 Å². The molecule has 2 N–H and O–H groups in total. The Morgan fingerprint density at radius 2 is 1.95 bits per heavy atom. The molecule has 5 heteroatoms. The highest BCUT2D eigenvalue weighted by atomic mass is 19.1. The highest BCUT2D eigenvalue weighted by Gasteiger charge is 2.21. The molecule has 106 valence electrons. The molecule has 1 unspecified atom stereocenters. The summed E-state index contributed by atoms with van der Waals surface area (Å²) in [5, 5.41) is 0. The average molecular weight is 267 g/mol. The van der Waals surface area contributed by atoms with Crippen LogP contribution in [0.2, 0.25) is 0 Å². The first-order valence-corrected chi connectivity index (χ1v) is 6.69. The maximum atomic E-state index is 13.7. The Bertz CT molecular complexity index is 390. The van der Waals surface area contributed by atoms with Crippen LogP contribution in [-0.4, -0.2) is 57.4 Å². The molecule has 1 aromatic rings. The first-order chi connectivity index (χ1) is 9.24. The van der Waals surface area contributed by atoms with Crippen LogP contribution in [0, 0.1) is 5.82 Å². The quantitative estimate of drug-likeness (QED) is 0.861. The first kappa shape index (κ1) is 14.2. The molecule has 1 aliphatic heterocycles. The lowest BCUT2D eigenvalue weighted by atomic mass is 10.2. The number of piperazine rings is 1. The van der Waals surface area contributed by atoms with E-state index in [1.165, 1.54) is 6.07 Å². The monoisotopic (exact) mass is 267 g/mol. The predicted octanol–water partition coefficient (Wildman–Crippen LogP) is 0.921. The van der Waals surface area contributed by atoms with E-state index in [1.807, 2.05) is 12.1 Å². The third kappa shape index (κ3) is 3.65. The molecule has 1 aromatic carbocycles. The second kappa shape index (κ2) is 6.84. The number of benzene rings is 1. The molecule has 1 saturated heterocycles. The molecule has 0 saturated carbocycles. The van der Waals surface area contributed by atoms with E-state index in [9.17, 15) is 4.39 Å². The summed E-state index contributed by atoms with van der Waals surface area (Å²) in [7, 11) is 1.69. The van der Waals surface area contributed by atoms with Gasteiger partial charge in [0.1, 0.15) is 5.82 Å². The first-order valence-electron chi connectivity index (χ1n) is 6.69. The molecule has 1 atom stereocenters. The Labute approximate surface area is 113 Å². The van der Waals surface area contributed by atoms with Crippen LogP contribution in [0.15, 0.2) is 24.3 Å². The van der Waals surface area contributed by atoms with Crippen molar-refractivity contribution in [3.05, 3.63) is 30.1 Å². The van der Waals surface area contributed by atoms with Gasteiger partial charge in [-0.2, -0.15) is 0 Å². The topological polar surface area (TPSA) is 41.7 Å². The zero-order chi connectivity index (χ0) is 13.7.